The van der Waals surface area contributed by atoms with Gasteiger partial charge in [0.15, 0.2) is 0 Å². The normalized spacial score (nSPS) is 18.2. The minimum Gasteiger partial charge on any atom is -0.427 e. The summed E-state index contributed by atoms with van der Waals surface area (Å²) in [7, 11) is 0. The van der Waals surface area contributed by atoms with Gasteiger partial charge in [0.2, 0.25) is 0 Å². The van der Waals surface area contributed by atoms with Gasteiger partial charge in [0.1, 0.15) is 5.75 Å². The Kier molecular flexibility index (Phi) is 11.0. The molecule has 2 nitrogen and oxygen atoms in total. The maximum Gasteiger partial charge on any atom is 0.308 e. The van der Waals surface area contributed by atoms with E-state index in [2.05, 4.69) is 31.2 Å². The van der Waals surface area contributed by atoms with Crippen LogP contribution in [0.1, 0.15) is 115 Å². The number of esters is 1. The number of benzene rings is 2. The number of carbonyl (C=O) groups excluding carboxylic acids is 1. The minimum absolute atomic E-state index is 0.282. The van der Waals surface area contributed by atoms with Crippen LogP contribution in [0.3, 0.4) is 0 Å². The fourth-order valence-corrected chi connectivity index (χ4v) is 5.36. The maximum atomic E-state index is 11.1. The zero-order chi connectivity index (χ0) is 23.3. The number of carbonyl (C=O) groups is 1. The van der Waals surface area contributed by atoms with Crippen LogP contribution in [-0.4, -0.2) is 5.97 Å². The Morgan fingerprint density at radius 1 is 0.727 bits per heavy atom. The lowest BCUT2D eigenvalue weighted by Gasteiger charge is -2.29. The lowest BCUT2D eigenvalue weighted by Crippen LogP contribution is -2.13. The molecule has 2 heteroatoms. The molecule has 0 spiro atoms. The second-order valence-corrected chi connectivity index (χ2v) is 10.1. The van der Waals surface area contributed by atoms with Gasteiger partial charge in [-0.1, -0.05) is 108 Å². The van der Waals surface area contributed by atoms with E-state index in [4.69, 9.17) is 4.74 Å². The molecule has 0 bridgehead atoms. The van der Waals surface area contributed by atoms with Gasteiger partial charge in [-0.2, -0.15) is 0 Å². The van der Waals surface area contributed by atoms with Gasteiger partial charge in [-0.05, 0) is 66.3 Å². The quantitative estimate of drug-likeness (QED) is 0.173. The van der Waals surface area contributed by atoms with Crippen molar-refractivity contribution in [2.75, 3.05) is 0 Å². The van der Waals surface area contributed by atoms with Crippen molar-refractivity contribution in [1.82, 2.24) is 0 Å². The van der Waals surface area contributed by atoms with Gasteiger partial charge in [-0.3, -0.25) is 4.79 Å². The van der Waals surface area contributed by atoms with E-state index in [9.17, 15) is 4.79 Å². The van der Waals surface area contributed by atoms with Gasteiger partial charge in [0.25, 0.3) is 0 Å². The molecule has 33 heavy (non-hydrogen) atoms. The topological polar surface area (TPSA) is 26.3 Å². The molecule has 0 heterocycles. The predicted octanol–water partition coefficient (Wildman–Crippen LogP) is 9.47. The van der Waals surface area contributed by atoms with Gasteiger partial charge in [0, 0.05) is 6.92 Å². The Labute approximate surface area is 202 Å². The van der Waals surface area contributed by atoms with Gasteiger partial charge < -0.3 is 4.74 Å². The number of unbranched alkanes of at least 4 members (excludes halogenated alkanes) is 8. The molecule has 3 rings (SSSR count). The standard InChI is InChI=1S/C31H44O2/c1-3-4-5-6-7-8-9-10-11-12-26-13-15-27(16-14-26)28-17-19-29(20-18-28)30-21-23-31(24-22-30)33-25(2)32/h17-24,26-27H,3-16H2,1-2H3. The summed E-state index contributed by atoms with van der Waals surface area (Å²) in [5, 5.41) is 0. The highest BCUT2D eigenvalue weighted by Gasteiger charge is 2.22. The molecule has 180 valence electrons. The monoisotopic (exact) mass is 448 g/mol. The average molecular weight is 449 g/mol. The highest BCUT2D eigenvalue weighted by molar-refractivity contribution is 5.70. The first kappa shape index (κ1) is 25.5. The number of rotatable bonds is 13. The third-order valence-electron chi connectivity index (χ3n) is 7.39. The smallest absolute Gasteiger partial charge is 0.308 e. The van der Waals surface area contributed by atoms with Crippen LogP contribution in [0.2, 0.25) is 0 Å². The third-order valence-corrected chi connectivity index (χ3v) is 7.39. The molecule has 0 aliphatic heterocycles. The van der Waals surface area contributed by atoms with Gasteiger partial charge in [-0.25, -0.2) is 0 Å². The molecular formula is C31H44O2. The van der Waals surface area contributed by atoms with E-state index in [1.54, 1.807) is 0 Å². The lowest BCUT2D eigenvalue weighted by molar-refractivity contribution is -0.131. The van der Waals surface area contributed by atoms with Crippen molar-refractivity contribution in [3.8, 4) is 16.9 Å². The SMILES string of the molecule is CCCCCCCCCCCC1CCC(c2ccc(-c3ccc(OC(C)=O)cc3)cc2)CC1. The second kappa shape index (κ2) is 14.2. The van der Waals surface area contributed by atoms with E-state index in [0.717, 1.165) is 17.4 Å². The van der Waals surface area contributed by atoms with Crippen molar-refractivity contribution in [3.63, 3.8) is 0 Å². The summed E-state index contributed by atoms with van der Waals surface area (Å²) in [5.74, 6) is 2.00. The molecule has 0 atom stereocenters. The van der Waals surface area contributed by atoms with E-state index < -0.39 is 0 Å². The largest absolute Gasteiger partial charge is 0.427 e. The first-order chi connectivity index (χ1) is 16.2. The van der Waals surface area contributed by atoms with Crippen LogP contribution in [0, 0.1) is 5.92 Å². The molecular weight excluding hydrogens is 404 g/mol. The Hall–Kier alpha value is -2.09. The van der Waals surface area contributed by atoms with E-state index >= 15 is 0 Å². The highest BCUT2D eigenvalue weighted by Crippen LogP contribution is 2.38. The van der Waals surface area contributed by atoms with E-state index in [1.165, 1.54) is 108 Å². The maximum absolute atomic E-state index is 11.1. The zero-order valence-electron chi connectivity index (χ0n) is 21.0. The Bertz CT molecular complexity index is 798. The number of ether oxygens (including phenoxy) is 1. The van der Waals surface area contributed by atoms with Crippen LogP contribution in [-0.2, 0) is 4.79 Å². The predicted molar refractivity (Wildman–Crippen MR) is 140 cm³/mol. The second-order valence-electron chi connectivity index (χ2n) is 10.1. The summed E-state index contributed by atoms with van der Waals surface area (Å²) in [6, 6.07) is 16.9. The van der Waals surface area contributed by atoms with Gasteiger partial charge >= 0.3 is 5.97 Å². The van der Waals surface area contributed by atoms with E-state index in [0.29, 0.717) is 5.75 Å². The van der Waals surface area contributed by atoms with Crippen LogP contribution in [0.25, 0.3) is 11.1 Å². The summed E-state index contributed by atoms with van der Waals surface area (Å²) >= 11 is 0. The van der Waals surface area contributed by atoms with Crippen molar-refractivity contribution in [2.45, 2.75) is 110 Å². The molecule has 0 N–H and O–H groups in total. The summed E-state index contributed by atoms with van der Waals surface area (Å²) in [5.41, 5.74) is 3.87. The molecule has 0 unspecified atom stereocenters. The van der Waals surface area contributed by atoms with Crippen LogP contribution >= 0.6 is 0 Å². The van der Waals surface area contributed by atoms with Gasteiger partial charge in [-0.15, -0.1) is 0 Å². The minimum atomic E-state index is -0.282. The number of hydrogen-bond donors (Lipinski definition) is 0. The Balaban J connectivity index is 1.34. The molecule has 0 aromatic heterocycles. The van der Waals surface area contributed by atoms with Crippen molar-refractivity contribution >= 4 is 5.97 Å². The first-order valence-electron chi connectivity index (χ1n) is 13.5. The van der Waals surface area contributed by atoms with Gasteiger partial charge in [0.05, 0.1) is 0 Å². The zero-order valence-corrected chi connectivity index (χ0v) is 21.0. The van der Waals surface area contributed by atoms with Crippen LogP contribution in [0.15, 0.2) is 48.5 Å². The van der Waals surface area contributed by atoms with Crippen LogP contribution in [0.4, 0.5) is 0 Å². The third kappa shape index (κ3) is 8.99. The fourth-order valence-electron chi connectivity index (χ4n) is 5.36. The highest BCUT2D eigenvalue weighted by atomic mass is 16.5. The summed E-state index contributed by atoms with van der Waals surface area (Å²) in [6.45, 7) is 3.72. The summed E-state index contributed by atoms with van der Waals surface area (Å²) < 4.78 is 5.13. The molecule has 1 fully saturated rings. The lowest BCUT2D eigenvalue weighted by atomic mass is 9.77. The molecule has 0 saturated heterocycles. The molecule has 1 saturated carbocycles. The van der Waals surface area contributed by atoms with E-state index in [-0.39, 0.29) is 5.97 Å². The molecule has 0 radical (unpaired) electrons. The van der Waals surface area contributed by atoms with Crippen LogP contribution < -0.4 is 4.74 Å². The number of hydrogen-bond acceptors (Lipinski definition) is 2. The van der Waals surface area contributed by atoms with Crippen molar-refractivity contribution in [2.24, 2.45) is 5.92 Å². The van der Waals surface area contributed by atoms with Crippen molar-refractivity contribution in [3.05, 3.63) is 54.1 Å². The first-order valence-corrected chi connectivity index (χ1v) is 13.5. The molecule has 2 aromatic rings. The molecule has 1 aliphatic rings. The van der Waals surface area contributed by atoms with Crippen molar-refractivity contribution < 1.29 is 9.53 Å². The molecule has 0 amide bonds. The Morgan fingerprint density at radius 3 is 1.79 bits per heavy atom. The Morgan fingerprint density at radius 2 is 1.24 bits per heavy atom. The molecule has 2 aromatic carbocycles. The average Bonchev–Trinajstić information content (AvgIpc) is 2.84. The summed E-state index contributed by atoms with van der Waals surface area (Å²) in [6.07, 6.45) is 19.8. The van der Waals surface area contributed by atoms with Crippen molar-refractivity contribution in [1.29, 1.82) is 0 Å². The summed E-state index contributed by atoms with van der Waals surface area (Å²) in [4.78, 5) is 11.1. The van der Waals surface area contributed by atoms with Crippen LogP contribution in [0.5, 0.6) is 5.75 Å². The van der Waals surface area contributed by atoms with E-state index in [1.807, 2.05) is 24.3 Å². The fraction of sp³-hybridized carbons (Fsp3) is 0.581. The molecule has 1 aliphatic carbocycles.